The fourth-order valence-electron chi connectivity index (χ4n) is 2.85. The van der Waals surface area contributed by atoms with E-state index in [0.29, 0.717) is 22.3 Å². The molecule has 24 heavy (non-hydrogen) atoms. The minimum absolute atomic E-state index is 0.410. The van der Waals surface area contributed by atoms with Crippen LogP contribution in [-0.4, -0.2) is 20.5 Å². The Bertz CT molecular complexity index is 965. The Morgan fingerprint density at radius 2 is 1.88 bits per heavy atom. The van der Waals surface area contributed by atoms with Gasteiger partial charge < -0.3 is 0 Å². The number of nitrogens with zero attached hydrogens (tertiary/aromatic N) is 4. The van der Waals surface area contributed by atoms with Gasteiger partial charge in [-0.25, -0.2) is 0 Å². The Morgan fingerprint density at radius 3 is 2.67 bits per heavy atom. The van der Waals surface area contributed by atoms with Gasteiger partial charge >= 0.3 is 0 Å². The van der Waals surface area contributed by atoms with Crippen LogP contribution in [0.25, 0.3) is 5.69 Å². The van der Waals surface area contributed by atoms with Crippen molar-refractivity contribution in [1.82, 2.24) is 14.8 Å². The molecule has 0 spiro atoms. The summed E-state index contributed by atoms with van der Waals surface area (Å²) in [5.74, 6) is 2.02. The normalized spacial score (nSPS) is 13.0. The summed E-state index contributed by atoms with van der Waals surface area (Å²) in [6.45, 7) is 0.410. The lowest BCUT2D eigenvalue weighted by Crippen LogP contribution is -2.09. The second kappa shape index (κ2) is 6.24. The van der Waals surface area contributed by atoms with Gasteiger partial charge in [0.1, 0.15) is 12.4 Å². The maximum absolute atomic E-state index is 6.40. The van der Waals surface area contributed by atoms with E-state index in [1.165, 1.54) is 0 Å². The van der Waals surface area contributed by atoms with Crippen molar-refractivity contribution in [3.05, 3.63) is 75.3 Å². The first-order valence-corrected chi connectivity index (χ1v) is 8.71. The third-order valence-corrected chi connectivity index (χ3v) is 4.75. The zero-order valence-corrected chi connectivity index (χ0v) is 14.9. The first-order chi connectivity index (χ1) is 11.7. The standard InChI is InChI=1S/C17H12Cl2N4S/c18-10-5-6-14-12(7-10)17(11-3-1-2-4-13(11)19)20-8-15-21-22-16(9-24)23(14)15/h1-7,24H,8-9H2. The van der Waals surface area contributed by atoms with Crippen LogP contribution in [0.15, 0.2) is 47.5 Å². The van der Waals surface area contributed by atoms with E-state index in [9.17, 15) is 0 Å². The lowest BCUT2D eigenvalue weighted by atomic mass is 10.0. The molecule has 2 heterocycles. The highest BCUT2D eigenvalue weighted by Gasteiger charge is 2.23. The number of aliphatic imine (C=N–C) groups is 1. The van der Waals surface area contributed by atoms with E-state index in [0.717, 1.165) is 34.2 Å². The maximum Gasteiger partial charge on any atom is 0.159 e. The second-order valence-electron chi connectivity index (χ2n) is 5.33. The van der Waals surface area contributed by atoms with Gasteiger partial charge in [-0.15, -0.1) is 10.2 Å². The predicted octanol–water partition coefficient (Wildman–Crippen LogP) is 4.35. The van der Waals surface area contributed by atoms with Crippen LogP contribution in [0.4, 0.5) is 0 Å². The summed E-state index contributed by atoms with van der Waals surface area (Å²) in [4.78, 5) is 4.75. The molecule has 4 nitrogen and oxygen atoms in total. The van der Waals surface area contributed by atoms with Crippen molar-refractivity contribution in [2.24, 2.45) is 4.99 Å². The molecule has 120 valence electrons. The van der Waals surface area contributed by atoms with Crippen LogP contribution in [0.3, 0.4) is 0 Å². The first kappa shape index (κ1) is 15.7. The predicted molar refractivity (Wildman–Crippen MR) is 99.9 cm³/mol. The molecule has 4 rings (SSSR count). The molecule has 0 saturated heterocycles. The molecule has 1 aliphatic heterocycles. The number of thiol groups is 1. The van der Waals surface area contributed by atoms with Crippen LogP contribution >= 0.6 is 35.8 Å². The Morgan fingerprint density at radius 1 is 1.04 bits per heavy atom. The lowest BCUT2D eigenvalue weighted by molar-refractivity contribution is 0.860. The molecule has 0 radical (unpaired) electrons. The van der Waals surface area contributed by atoms with Gasteiger partial charge in [-0.3, -0.25) is 9.56 Å². The quantitative estimate of drug-likeness (QED) is 0.677. The first-order valence-electron chi connectivity index (χ1n) is 7.32. The highest BCUT2D eigenvalue weighted by Crippen LogP contribution is 2.30. The summed E-state index contributed by atoms with van der Waals surface area (Å²) < 4.78 is 1.99. The van der Waals surface area contributed by atoms with Gasteiger partial charge in [-0.05, 0) is 24.3 Å². The molecular weight excluding hydrogens is 363 g/mol. The fraction of sp³-hybridized carbons (Fsp3) is 0.118. The Labute approximate surface area is 154 Å². The number of hydrogen-bond acceptors (Lipinski definition) is 4. The molecule has 0 N–H and O–H groups in total. The van der Waals surface area contributed by atoms with E-state index in [2.05, 4.69) is 22.8 Å². The van der Waals surface area contributed by atoms with Gasteiger partial charge in [0.2, 0.25) is 0 Å². The molecule has 0 amide bonds. The summed E-state index contributed by atoms with van der Waals surface area (Å²) in [7, 11) is 0. The topological polar surface area (TPSA) is 43.1 Å². The number of benzene rings is 2. The highest BCUT2D eigenvalue weighted by atomic mass is 35.5. The van der Waals surface area contributed by atoms with Crippen molar-refractivity contribution in [1.29, 1.82) is 0 Å². The van der Waals surface area contributed by atoms with Gasteiger partial charge in [0, 0.05) is 21.2 Å². The minimum atomic E-state index is 0.410. The van der Waals surface area contributed by atoms with Crippen LogP contribution in [0.2, 0.25) is 10.0 Å². The van der Waals surface area contributed by atoms with Gasteiger partial charge in [-0.1, -0.05) is 41.4 Å². The van der Waals surface area contributed by atoms with Gasteiger partial charge in [0.15, 0.2) is 5.82 Å². The second-order valence-corrected chi connectivity index (χ2v) is 6.49. The van der Waals surface area contributed by atoms with E-state index >= 15 is 0 Å². The van der Waals surface area contributed by atoms with Crippen LogP contribution in [0.5, 0.6) is 0 Å². The Balaban J connectivity index is 2.01. The van der Waals surface area contributed by atoms with Gasteiger partial charge in [-0.2, -0.15) is 12.6 Å². The van der Waals surface area contributed by atoms with E-state index in [1.807, 2.05) is 47.0 Å². The van der Waals surface area contributed by atoms with Crippen LogP contribution < -0.4 is 0 Å². The van der Waals surface area contributed by atoms with E-state index < -0.39 is 0 Å². The third kappa shape index (κ3) is 2.53. The van der Waals surface area contributed by atoms with Gasteiger partial charge in [0.25, 0.3) is 0 Å². The van der Waals surface area contributed by atoms with Crippen molar-refractivity contribution < 1.29 is 0 Å². The average Bonchev–Trinajstić information content (AvgIpc) is 2.93. The molecule has 1 aliphatic rings. The summed E-state index contributed by atoms with van der Waals surface area (Å²) in [6, 6.07) is 13.4. The molecule has 0 aliphatic carbocycles. The molecule has 0 saturated carbocycles. The van der Waals surface area contributed by atoms with Crippen molar-refractivity contribution >= 4 is 41.5 Å². The highest BCUT2D eigenvalue weighted by molar-refractivity contribution is 7.79. The molecular formula is C17H12Cl2N4S. The maximum atomic E-state index is 6.40. The number of fused-ring (bicyclic) bond motifs is 3. The smallest absolute Gasteiger partial charge is 0.159 e. The number of hydrogen-bond donors (Lipinski definition) is 1. The molecule has 0 atom stereocenters. The summed E-state index contributed by atoms with van der Waals surface area (Å²) in [5, 5.41) is 9.74. The number of rotatable bonds is 2. The molecule has 0 bridgehead atoms. The van der Waals surface area contributed by atoms with Crippen molar-refractivity contribution in [3.63, 3.8) is 0 Å². The number of halogens is 2. The van der Waals surface area contributed by atoms with Gasteiger partial charge in [0.05, 0.1) is 17.2 Å². The summed E-state index contributed by atoms with van der Waals surface area (Å²) in [5.41, 5.74) is 3.50. The lowest BCUT2D eigenvalue weighted by Gasteiger charge is -2.14. The zero-order valence-electron chi connectivity index (χ0n) is 12.4. The molecule has 2 aromatic carbocycles. The van der Waals surface area contributed by atoms with Crippen LogP contribution in [-0.2, 0) is 12.3 Å². The zero-order chi connectivity index (χ0) is 16.7. The van der Waals surface area contributed by atoms with E-state index in [4.69, 9.17) is 28.2 Å². The molecule has 0 fully saturated rings. The largest absolute Gasteiger partial charge is 0.280 e. The monoisotopic (exact) mass is 374 g/mol. The van der Waals surface area contributed by atoms with Crippen molar-refractivity contribution in [3.8, 4) is 5.69 Å². The van der Waals surface area contributed by atoms with Crippen LogP contribution in [0.1, 0.15) is 22.8 Å². The molecule has 0 unspecified atom stereocenters. The Kier molecular flexibility index (Phi) is 4.08. The summed E-state index contributed by atoms with van der Waals surface area (Å²) in [6.07, 6.45) is 0. The van der Waals surface area contributed by atoms with Crippen LogP contribution in [0, 0.1) is 0 Å². The van der Waals surface area contributed by atoms with E-state index in [-0.39, 0.29) is 0 Å². The molecule has 7 heteroatoms. The van der Waals surface area contributed by atoms with Crippen molar-refractivity contribution in [2.45, 2.75) is 12.3 Å². The average molecular weight is 375 g/mol. The third-order valence-electron chi connectivity index (χ3n) is 3.90. The Hall–Kier alpha value is -1.82. The fourth-order valence-corrected chi connectivity index (χ4v) is 3.45. The number of aromatic nitrogens is 3. The minimum Gasteiger partial charge on any atom is -0.280 e. The molecule has 3 aromatic rings. The van der Waals surface area contributed by atoms with Crippen molar-refractivity contribution in [2.75, 3.05) is 0 Å². The SMILES string of the molecule is SCc1nnc2n1-c1ccc(Cl)cc1C(c1ccccc1Cl)=NC2. The molecule has 1 aromatic heterocycles. The van der Waals surface area contributed by atoms with E-state index in [1.54, 1.807) is 0 Å². The summed E-state index contributed by atoms with van der Waals surface area (Å²) >= 11 is 17.0.